The van der Waals surface area contributed by atoms with Gasteiger partial charge in [0.25, 0.3) is 0 Å². The van der Waals surface area contributed by atoms with Crippen LogP contribution in [-0.4, -0.2) is 33.3 Å². The molecule has 6 rings (SSSR count). The molecule has 0 radical (unpaired) electrons. The lowest BCUT2D eigenvalue weighted by molar-refractivity contribution is -0.160. The Morgan fingerprint density at radius 3 is 2.49 bits per heavy atom. The Bertz CT molecular complexity index is 1920. The molecule has 0 bridgehead atoms. The van der Waals surface area contributed by atoms with Gasteiger partial charge in [0.15, 0.2) is 6.10 Å². The summed E-state index contributed by atoms with van der Waals surface area (Å²) in [6.45, 7) is 7.81. The number of hydrogen-bond acceptors (Lipinski definition) is 6. The number of fused-ring (bicyclic) bond motifs is 1. The molecule has 0 saturated heterocycles. The van der Waals surface area contributed by atoms with Gasteiger partial charge in [0.2, 0.25) is 5.88 Å². The number of nitrogens with zero attached hydrogens (tertiary/aromatic N) is 2. The minimum atomic E-state index is -4.42. The van der Waals surface area contributed by atoms with E-state index in [2.05, 4.69) is 0 Å². The summed E-state index contributed by atoms with van der Waals surface area (Å²) >= 11 is 0. The van der Waals surface area contributed by atoms with E-state index in [0.717, 1.165) is 35.3 Å². The molecule has 1 atom stereocenters. The number of rotatable bonds is 7. The number of aryl methyl sites for hydroxylation is 1. The van der Waals surface area contributed by atoms with Crippen LogP contribution in [0.2, 0.25) is 0 Å². The number of carbonyl (C=O) groups is 1. The Kier molecular flexibility index (Phi) is 7.64. The summed E-state index contributed by atoms with van der Waals surface area (Å²) in [6, 6.07) is 15.8. The molecule has 0 fully saturated rings. The Morgan fingerprint density at radius 2 is 1.80 bits per heavy atom. The van der Waals surface area contributed by atoms with E-state index in [1.807, 2.05) is 52.0 Å². The molecular formula is C35H31F3N2O5. The number of aliphatic carboxylic acids is 1. The fourth-order valence-electron chi connectivity index (χ4n) is 5.75. The van der Waals surface area contributed by atoms with Crippen LogP contribution in [0.15, 0.2) is 66.9 Å². The summed E-state index contributed by atoms with van der Waals surface area (Å²) in [6.07, 6.45) is -3.23. The van der Waals surface area contributed by atoms with Crippen molar-refractivity contribution in [1.82, 2.24) is 9.97 Å². The van der Waals surface area contributed by atoms with Crippen LogP contribution >= 0.6 is 0 Å². The number of aromatic nitrogens is 2. The molecule has 45 heavy (non-hydrogen) atoms. The van der Waals surface area contributed by atoms with Crippen molar-refractivity contribution < 1.29 is 37.3 Å². The summed E-state index contributed by atoms with van der Waals surface area (Å²) in [5, 5.41) is 12.0. The van der Waals surface area contributed by atoms with Crippen LogP contribution in [0.1, 0.15) is 54.7 Å². The third kappa shape index (κ3) is 6.02. The minimum absolute atomic E-state index is 0.0138. The molecule has 0 unspecified atom stereocenters. The maximum Gasteiger partial charge on any atom is 0.416 e. The summed E-state index contributed by atoms with van der Waals surface area (Å²) in [5.41, 5.74) is 3.87. The van der Waals surface area contributed by atoms with Gasteiger partial charge in [-0.05, 0) is 92.4 Å². The maximum absolute atomic E-state index is 13.0. The molecular weight excluding hydrogens is 585 g/mol. The third-order valence-electron chi connectivity index (χ3n) is 7.68. The van der Waals surface area contributed by atoms with Crippen LogP contribution in [0.5, 0.6) is 11.6 Å². The normalized spacial score (nSPS) is 13.9. The Labute approximate surface area is 257 Å². The summed E-state index contributed by atoms with van der Waals surface area (Å²) in [4.78, 5) is 22.2. The molecule has 0 amide bonds. The topological polar surface area (TPSA) is 90.8 Å². The molecule has 1 aliphatic rings. The van der Waals surface area contributed by atoms with Crippen molar-refractivity contribution in [3.63, 3.8) is 0 Å². The van der Waals surface area contributed by atoms with E-state index in [4.69, 9.17) is 24.2 Å². The van der Waals surface area contributed by atoms with Crippen LogP contribution in [0, 0.1) is 6.92 Å². The molecule has 7 nitrogen and oxygen atoms in total. The van der Waals surface area contributed by atoms with Crippen molar-refractivity contribution in [3.8, 4) is 22.8 Å². The average molecular weight is 617 g/mol. The van der Waals surface area contributed by atoms with Crippen molar-refractivity contribution in [2.75, 3.05) is 6.61 Å². The Balaban J connectivity index is 1.50. The van der Waals surface area contributed by atoms with Gasteiger partial charge in [0.1, 0.15) is 12.4 Å². The monoisotopic (exact) mass is 616 g/mol. The SMILES string of the molecule is Cc1cc2nc(OCc3ccc(C(F)(F)F)cc3)ccc2c(-c2ccc3c4c(ccnc24)CCO3)c1[C@H](OC(C)(C)C)C(=O)O. The zero-order chi connectivity index (χ0) is 32.1. The van der Waals surface area contributed by atoms with Gasteiger partial charge >= 0.3 is 12.1 Å². The van der Waals surface area contributed by atoms with Gasteiger partial charge < -0.3 is 19.3 Å². The molecule has 1 aliphatic heterocycles. The summed E-state index contributed by atoms with van der Waals surface area (Å²) in [7, 11) is 0. The van der Waals surface area contributed by atoms with Gasteiger partial charge in [-0.3, -0.25) is 4.98 Å². The van der Waals surface area contributed by atoms with E-state index < -0.39 is 29.4 Å². The number of ether oxygens (including phenoxy) is 3. The second-order valence-corrected chi connectivity index (χ2v) is 12.0. The molecule has 5 aromatic rings. The van der Waals surface area contributed by atoms with Gasteiger partial charge in [-0.25, -0.2) is 9.78 Å². The fraction of sp³-hybridized carbons (Fsp3) is 0.286. The van der Waals surface area contributed by atoms with Crippen LogP contribution in [0.3, 0.4) is 0 Å². The lowest BCUT2D eigenvalue weighted by Gasteiger charge is -2.29. The summed E-state index contributed by atoms with van der Waals surface area (Å²) in [5.74, 6) is -0.138. The van der Waals surface area contributed by atoms with Gasteiger partial charge in [-0.1, -0.05) is 12.1 Å². The number of pyridine rings is 2. The van der Waals surface area contributed by atoms with Gasteiger partial charge in [0, 0.05) is 40.6 Å². The number of carboxylic acid groups (broad SMARTS) is 1. The molecule has 232 valence electrons. The third-order valence-corrected chi connectivity index (χ3v) is 7.68. The lowest BCUT2D eigenvalue weighted by atomic mass is 9.86. The van der Waals surface area contributed by atoms with Crippen molar-refractivity contribution in [2.24, 2.45) is 0 Å². The first-order valence-electron chi connectivity index (χ1n) is 14.5. The van der Waals surface area contributed by atoms with E-state index in [1.54, 1.807) is 18.3 Å². The molecule has 3 heterocycles. The smallest absolute Gasteiger partial charge is 0.416 e. The van der Waals surface area contributed by atoms with Crippen LogP contribution in [-0.2, 0) is 28.7 Å². The Morgan fingerprint density at radius 1 is 1.04 bits per heavy atom. The highest BCUT2D eigenvalue weighted by Crippen LogP contribution is 2.45. The first-order valence-corrected chi connectivity index (χ1v) is 14.5. The second kappa shape index (κ2) is 11.3. The largest absolute Gasteiger partial charge is 0.493 e. The fourth-order valence-corrected chi connectivity index (χ4v) is 5.75. The van der Waals surface area contributed by atoms with Crippen molar-refractivity contribution in [2.45, 2.75) is 58.6 Å². The molecule has 0 spiro atoms. The highest BCUT2D eigenvalue weighted by Gasteiger charge is 2.33. The molecule has 10 heteroatoms. The van der Waals surface area contributed by atoms with Crippen LogP contribution in [0.25, 0.3) is 32.9 Å². The zero-order valence-electron chi connectivity index (χ0n) is 25.2. The van der Waals surface area contributed by atoms with E-state index in [0.29, 0.717) is 50.8 Å². The van der Waals surface area contributed by atoms with Gasteiger partial charge in [0.05, 0.1) is 28.8 Å². The van der Waals surface area contributed by atoms with E-state index in [9.17, 15) is 23.1 Å². The molecule has 2 aromatic heterocycles. The summed E-state index contributed by atoms with van der Waals surface area (Å²) < 4.78 is 56.9. The first kappa shape index (κ1) is 30.3. The van der Waals surface area contributed by atoms with Crippen LogP contribution < -0.4 is 9.47 Å². The van der Waals surface area contributed by atoms with Gasteiger partial charge in [-0.15, -0.1) is 0 Å². The predicted molar refractivity (Wildman–Crippen MR) is 163 cm³/mol. The number of alkyl halides is 3. The standard InChI is InChI=1S/C35H31F3N2O5/c1-19-17-25-23(10-12-27(40-25)44-18-20-5-7-22(8-6-20)35(36,37)38)30(28(19)32(33(41)42)45-34(2,3)4)24-9-11-26-29-21(14-16-43-26)13-15-39-31(24)29/h5-13,15,17,32H,14,16,18H2,1-4H3,(H,41,42)/t32-/m0/s1. The molecule has 1 N–H and O–H groups in total. The van der Waals surface area contributed by atoms with Crippen molar-refractivity contribution in [3.05, 3.63) is 94.7 Å². The van der Waals surface area contributed by atoms with Crippen molar-refractivity contribution >= 4 is 27.8 Å². The van der Waals surface area contributed by atoms with Crippen LogP contribution in [0.4, 0.5) is 13.2 Å². The number of hydrogen-bond donors (Lipinski definition) is 1. The maximum atomic E-state index is 13.0. The highest BCUT2D eigenvalue weighted by atomic mass is 19.4. The van der Waals surface area contributed by atoms with Crippen molar-refractivity contribution in [1.29, 1.82) is 0 Å². The Hall–Kier alpha value is -4.70. The van der Waals surface area contributed by atoms with E-state index in [-0.39, 0.29) is 12.5 Å². The quantitative estimate of drug-likeness (QED) is 0.197. The van der Waals surface area contributed by atoms with E-state index in [1.165, 1.54) is 12.1 Å². The molecule has 0 saturated carbocycles. The predicted octanol–water partition coefficient (Wildman–Crippen LogP) is 8.23. The van der Waals surface area contributed by atoms with E-state index >= 15 is 0 Å². The lowest BCUT2D eigenvalue weighted by Crippen LogP contribution is -2.28. The number of halogens is 3. The molecule has 3 aromatic carbocycles. The zero-order valence-corrected chi connectivity index (χ0v) is 25.2. The highest BCUT2D eigenvalue weighted by molar-refractivity contribution is 6.08. The first-order chi connectivity index (χ1) is 21.3. The average Bonchev–Trinajstić information content (AvgIpc) is 2.98. The second-order valence-electron chi connectivity index (χ2n) is 12.0. The minimum Gasteiger partial charge on any atom is -0.493 e. The van der Waals surface area contributed by atoms with Gasteiger partial charge in [-0.2, -0.15) is 13.2 Å². The number of benzene rings is 3. The number of carboxylic acids is 1. The molecule has 0 aliphatic carbocycles.